The quantitative estimate of drug-likeness (QED) is 0.592. The second kappa shape index (κ2) is 9.27. The van der Waals surface area contributed by atoms with Crippen molar-refractivity contribution in [1.29, 1.82) is 0 Å². The van der Waals surface area contributed by atoms with Gasteiger partial charge in [0.25, 0.3) is 11.8 Å². The molecule has 0 fully saturated rings. The maximum atomic E-state index is 12.1. The molecule has 6 heteroatoms. The number of benzene rings is 2. The van der Waals surface area contributed by atoms with E-state index in [2.05, 4.69) is 17.4 Å². The van der Waals surface area contributed by atoms with Crippen molar-refractivity contribution in [1.82, 2.24) is 10.9 Å². The molecular weight excluding hydrogens is 332 g/mol. The molecule has 0 heterocycles. The molecule has 26 heavy (non-hydrogen) atoms. The lowest BCUT2D eigenvalue weighted by atomic mass is 10.2. The van der Waals surface area contributed by atoms with Gasteiger partial charge < -0.3 is 9.47 Å². The van der Waals surface area contributed by atoms with Gasteiger partial charge in [-0.1, -0.05) is 12.7 Å². The van der Waals surface area contributed by atoms with Gasteiger partial charge in [-0.05, 0) is 62.4 Å². The van der Waals surface area contributed by atoms with Crippen LogP contribution in [0.2, 0.25) is 0 Å². The molecule has 0 aliphatic carbocycles. The van der Waals surface area contributed by atoms with E-state index in [9.17, 15) is 9.59 Å². The smallest absolute Gasteiger partial charge is 0.269 e. The van der Waals surface area contributed by atoms with Crippen LogP contribution in [0.15, 0.2) is 61.2 Å². The Labute approximate surface area is 152 Å². The first-order valence-electron chi connectivity index (χ1n) is 8.20. The topological polar surface area (TPSA) is 76.7 Å². The van der Waals surface area contributed by atoms with Gasteiger partial charge in [0.1, 0.15) is 18.1 Å². The van der Waals surface area contributed by atoms with Gasteiger partial charge in [-0.3, -0.25) is 20.4 Å². The number of carbonyl (C=O) groups excluding carboxylic acids is 2. The molecule has 2 rings (SSSR count). The molecule has 0 aliphatic rings. The number of ether oxygens (including phenoxy) is 2. The summed E-state index contributed by atoms with van der Waals surface area (Å²) >= 11 is 0. The number of hydrogen-bond acceptors (Lipinski definition) is 4. The molecule has 2 aromatic rings. The SMILES string of the molecule is C=CCOc1ccc(C(=O)NNC(=O)c2ccc(OC(C)C)cc2)cc1. The lowest BCUT2D eigenvalue weighted by Crippen LogP contribution is -2.41. The highest BCUT2D eigenvalue weighted by Gasteiger charge is 2.10. The normalized spacial score (nSPS) is 10.1. The molecule has 2 amide bonds. The van der Waals surface area contributed by atoms with Crippen LogP contribution in [0.4, 0.5) is 0 Å². The van der Waals surface area contributed by atoms with Crippen molar-refractivity contribution in [3.63, 3.8) is 0 Å². The second-order valence-electron chi connectivity index (χ2n) is 5.72. The Kier molecular flexibility index (Phi) is 6.79. The highest BCUT2D eigenvalue weighted by Crippen LogP contribution is 2.14. The number of nitrogens with one attached hydrogen (secondary N) is 2. The van der Waals surface area contributed by atoms with Gasteiger partial charge in [0.2, 0.25) is 0 Å². The van der Waals surface area contributed by atoms with Crippen LogP contribution in [0.1, 0.15) is 34.6 Å². The van der Waals surface area contributed by atoms with Gasteiger partial charge in [-0.15, -0.1) is 0 Å². The summed E-state index contributed by atoms with van der Waals surface area (Å²) in [7, 11) is 0. The summed E-state index contributed by atoms with van der Waals surface area (Å²) in [6, 6.07) is 13.2. The molecule has 0 spiro atoms. The predicted molar refractivity (Wildman–Crippen MR) is 99.3 cm³/mol. The molecule has 0 saturated carbocycles. The molecule has 136 valence electrons. The summed E-state index contributed by atoms with van der Waals surface area (Å²) < 4.78 is 10.9. The third-order valence-electron chi connectivity index (χ3n) is 3.26. The summed E-state index contributed by atoms with van der Waals surface area (Å²) in [6.45, 7) is 7.81. The lowest BCUT2D eigenvalue weighted by Gasteiger charge is -2.11. The van der Waals surface area contributed by atoms with Crippen molar-refractivity contribution in [3.8, 4) is 11.5 Å². The summed E-state index contributed by atoms with van der Waals surface area (Å²) in [6.07, 6.45) is 1.69. The first-order valence-corrected chi connectivity index (χ1v) is 8.20. The fourth-order valence-electron chi connectivity index (χ4n) is 2.07. The Bertz CT molecular complexity index is 752. The Morgan fingerprint density at radius 1 is 0.923 bits per heavy atom. The van der Waals surface area contributed by atoms with Crippen molar-refractivity contribution < 1.29 is 19.1 Å². The first-order chi connectivity index (χ1) is 12.5. The zero-order chi connectivity index (χ0) is 18.9. The molecule has 2 N–H and O–H groups in total. The van der Waals surface area contributed by atoms with E-state index in [-0.39, 0.29) is 6.10 Å². The molecule has 0 atom stereocenters. The minimum Gasteiger partial charge on any atom is -0.491 e. The van der Waals surface area contributed by atoms with Crippen LogP contribution in [0, 0.1) is 0 Å². The number of rotatable bonds is 7. The Balaban J connectivity index is 1.88. The average Bonchev–Trinajstić information content (AvgIpc) is 2.64. The highest BCUT2D eigenvalue weighted by atomic mass is 16.5. The molecule has 0 saturated heterocycles. The van der Waals surface area contributed by atoms with E-state index in [1.807, 2.05) is 13.8 Å². The standard InChI is InChI=1S/C20H22N2O4/c1-4-13-25-17-9-5-15(6-10-17)19(23)21-22-20(24)16-7-11-18(12-8-16)26-14(2)3/h4-12,14H,1,13H2,2-3H3,(H,21,23)(H,22,24). The molecule has 0 unspecified atom stereocenters. The van der Waals surface area contributed by atoms with Crippen LogP contribution < -0.4 is 20.3 Å². The second-order valence-corrected chi connectivity index (χ2v) is 5.72. The molecule has 0 radical (unpaired) electrons. The van der Waals surface area contributed by atoms with Crippen molar-refractivity contribution >= 4 is 11.8 Å². The van der Waals surface area contributed by atoms with Crippen LogP contribution in [-0.4, -0.2) is 24.5 Å². The Morgan fingerprint density at radius 2 is 1.38 bits per heavy atom. The van der Waals surface area contributed by atoms with E-state index in [1.165, 1.54) is 0 Å². The molecule has 6 nitrogen and oxygen atoms in total. The fraction of sp³-hybridized carbons (Fsp3) is 0.200. The summed E-state index contributed by atoms with van der Waals surface area (Å²) in [5.74, 6) is 0.474. The third kappa shape index (κ3) is 5.66. The summed E-state index contributed by atoms with van der Waals surface area (Å²) in [4.78, 5) is 24.2. The maximum Gasteiger partial charge on any atom is 0.269 e. The van der Waals surface area contributed by atoms with Crippen molar-refractivity contribution in [3.05, 3.63) is 72.3 Å². The zero-order valence-electron chi connectivity index (χ0n) is 14.8. The first kappa shape index (κ1) is 19.1. The average molecular weight is 354 g/mol. The highest BCUT2D eigenvalue weighted by molar-refractivity contribution is 5.99. The molecular formula is C20H22N2O4. The Hall–Kier alpha value is -3.28. The van der Waals surface area contributed by atoms with Gasteiger partial charge in [0, 0.05) is 11.1 Å². The predicted octanol–water partition coefficient (Wildman–Crippen LogP) is 3.11. The zero-order valence-corrected chi connectivity index (χ0v) is 14.8. The van der Waals surface area contributed by atoms with E-state index in [1.54, 1.807) is 54.6 Å². The molecule has 0 aromatic heterocycles. The maximum absolute atomic E-state index is 12.1. The van der Waals surface area contributed by atoms with E-state index in [0.29, 0.717) is 29.2 Å². The number of hydrazine groups is 1. The summed E-state index contributed by atoms with van der Waals surface area (Å²) in [5.41, 5.74) is 5.57. The van der Waals surface area contributed by atoms with Crippen LogP contribution in [0.25, 0.3) is 0 Å². The van der Waals surface area contributed by atoms with Crippen LogP contribution in [0.5, 0.6) is 11.5 Å². The van der Waals surface area contributed by atoms with E-state index in [4.69, 9.17) is 9.47 Å². The minimum atomic E-state index is -0.423. The van der Waals surface area contributed by atoms with Gasteiger partial charge in [-0.25, -0.2) is 0 Å². The monoisotopic (exact) mass is 354 g/mol. The van der Waals surface area contributed by atoms with Gasteiger partial charge >= 0.3 is 0 Å². The largest absolute Gasteiger partial charge is 0.491 e. The Morgan fingerprint density at radius 3 is 1.81 bits per heavy atom. The van der Waals surface area contributed by atoms with Gasteiger partial charge in [0.05, 0.1) is 6.10 Å². The lowest BCUT2D eigenvalue weighted by molar-refractivity contribution is 0.0846. The number of carbonyl (C=O) groups is 2. The minimum absolute atomic E-state index is 0.0579. The third-order valence-corrected chi connectivity index (χ3v) is 3.26. The van der Waals surface area contributed by atoms with Crippen LogP contribution >= 0.6 is 0 Å². The fourth-order valence-corrected chi connectivity index (χ4v) is 2.07. The molecule has 2 aromatic carbocycles. The van der Waals surface area contributed by atoms with Crippen LogP contribution in [-0.2, 0) is 0 Å². The van der Waals surface area contributed by atoms with Crippen molar-refractivity contribution in [2.24, 2.45) is 0 Å². The van der Waals surface area contributed by atoms with Gasteiger partial charge in [-0.2, -0.15) is 0 Å². The van der Waals surface area contributed by atoms with Crippen LogP contribution in [0.3, 0.4) is 0 Å². The van der Waals surface area contributed by atoms with E-state index >= 15 is 0 Å². The van der Waals surface area contributed by atoms with Crippen molar-refractivity contribution in [2.75, 3.05) is 6.61 Å². The van der Waals surface area contributed by atoms with E-state index < -0.39 is 11.8 Å². The van der Waals surface area contributed by atoms with E-state index in [0.717, 1.165) is 0 Å². The summed E-state index contributed by atoms with van der Waals surface area (Å²) in [5, 5.41) is 0. The van der Waals surface area contributed by atoms with Gasteiger partial charge in [0.15, 0.2) is 0 Å². The number of amides is 2. The van der Waals surface area contributed by atoms with Crippen molar-refractivity contribution in [2.45, 2.75) is 20.0 Å². The number of hydrogen-bond donors (Lipinski definition) is 2. The molecule has 0 aliphatic heterocycles. The molecule has 0 bridgehead atoms.